The number of carbonyl (C=O) groups excluding carboxylic acids is 3. The monoisotopic (exact) mass is 775 g/mol. The maximum Gasteiger partial charge on any atom is 0.255 e. The summed E-state index contributed by atoms with van der Waals surface area (Å²) in [4.78, 5) is 62.8. The first kappa shape index (κ1) is 37.8. The highest BCUT2D eigenvalue weighted by Gasteiger charge is 2.40. The Kier molecular flexibility index (Phi) is 10.7. The molecule has 0 spiro atoms. The number of amides is 3. The Labute approximate surface area is 329 Å². The number of ether oxygens (including phenoxy) is 1. The van der Waals surface area contributed by atoms with Crippen LogP contribution in [0.3, 0.4) is 0 Å². The van der Waals surface area contributed by atoms with Gasteiger partial charge in [-0.2, -0.15) is 0 Å². The molecule has 15 nitrogen and oxygen atoms in total. The molecule has 16 heteroatoms. The summed E-state index contributed by atoms with van der Waals surface area (Å²) in [6.45, 7) is 9.57. The summed E-state index contributed by atoms with van der Waals surface area (Å²) in [6.07, 6.45) is 7.86. The Morgan fingerprint density at radius 3 is 2.65 bits per heavy atom. The van der Waals surface area contributed by atoms with Crippen molar-refractivity contribution in [1.29, 1.82) is 0 Å². The third kappa shape index (κ3) is 8.09. The third-order valence-electron chi connectivity index (χ3n) is 11.2. The number of piperazine rings is 1. The summed E-state index contributed by atoms with van der Waals surface area (Å²) in [5.74, 6) is -0.107. The molecule has 3 saturated heterocycles. The van der Waals surface area contributed by atoms with Crippen molar-refractivity contribution in [1.82, 2.24) is 35.0 Å². The lowest BCUT2D eigenvalue weighted by molar-refractivity contribution is -0.136. The van der Waals surface area contributed by atoms with E-state index in [2.05, 4.69) is 46.0 Å². The number of imide groups is 1. The average molecular weight is 776 g/mol. The lowest BCUT2D eigenvalue weighted by Crippen LogP contribution is -2.54. The number of hydrogen-bond donors (Lipinski definition) is 4. The fourth-order valence-electron chi connectivity index (χ4n) is 8.14. The zero-order chi connectivity index (χ0) is 39.6. The van der Waals surface area contributed by atoms with E-state index in [9.17, 15) is 18.8 Å². The van der Waals surface area contributed by atoms with E-state index >= 15 is 0 Å². The molecule has 6 heterocycles. The molecule has 2 aromatic carbocycles. The van der Waals surface area contributed by atoms with Crippen LogP contribution in [0.15, 0.2) is 72.3 Å². The second-order valence-electron chi connectivity index (χ2n) is 15.1. The molecule has 3 amide bonds. The Bertz CT molecular complexity index is 2230. The number of imidazole rings is 1. The zero-order valence-corrected chi connectivity index (χ0v) is 31.7. The molecule has 8 rings (SSSR count). The molecule has 3 fully saturated rings. The van der Waals surface area contributed by atoms with E-state index in [0.717, 1.165) is 74.0 Å². The van der Waals surface area contributed by atoms with E-state index < -0.39 is 23.9 Å². The number of aliphatic imine (C=N–C) groups is 1. The van der Waals surface area contributed by atoms with Crippen molar-refractivity contribution in [3.8, 4) is 17.0 Å². The molecule has 4 aromatic rings. The van der Waals surface area contributed by atoms with Gasteiger partial charge >= 0.3 is 0 Å². The van der Waals surface area contributed by atoms with Gasteiger partial charge in [0.05, 0.1) is 23.4 Å². The topological polar surface area (TPSA) is 191 Å². The van der Waals surface area contributed by atoms with E-state index in [0.29, 0.717) is 48.0 Å². The predicted molar refractivity (Wildman–Crippen MR) is 213 cm³/mol. The van der Waals surface area contributed by atoms with Crippen molar-refractivity contribution in [2.24, 2.45) is 16.6 Å². The molecular weight excluding hydrogens is 730 g/mol. The number of rotatable bonds is 12. The molecule has 2 atom stereocenters. The smallest absolute Gasteiger partial charge is 0.255 e. The predicted octanol–water partition coefficient (Wildman–Crippen LogP) is 3.52. The number of carbonyl (C=O) groups is 3. The Morgan fingerprint density at radius 2 is 1.86 bits per heavy atom. The van der Waals surface area contributed by atoms with Crippen LogP contribution >= 0.6 is 0 Å². The quantitative estimate of drug-likeness (QED) is 0.122. The fourth-order valence-corrected chi connectivity index (χ4v) is 8.14. The number of aromatic amines is 1. The number of nitrogens with zero attached hydrogens (tertiary/aromatic N) is 7. The molecule has 4 aliphatic rings. The Hall–Kier alpha value is -6.13. The number of halogens is 1. The molecule has 4 aliphatic heterocycles. The van der Waals surface area contributed by atoms with Crippen molar-refractivity contribution in [3.05, 3.63) is 95.5 Å². The summed E-state index contributed by atoms with van der Waals surface area (Å²) in [7, 11) is 0. The number of allylic oxidation sites excluding steroid dienone is 1. The highest BCUT2D eigenvalue weighted by molar-refractivity contribution is 6.05. The molecule has 2 unspecified atom stereocenters. The zero-order valence-electron chi connectivity index (χ0n) is 31.7. The molecular formula is C41H46FN11O4. The van der Waals surface area contributed by atoms with Crippen LogP contribution in [0.1, 0.15) is 53.0 Å². The second kappa shape index (κ2) is 16.2. The minimum absolute atomic E-state index is 0.149. The van der Waals surface area contributed by atoms with Crippen molar-refractivity contribution >= 4 is 41.1 Å². The van der Waals surface area contributed by atoms with Crippen molar-refractivity contribution in [3.63, 3.8) is 0 Å². The first-order valence-corrected chi connectivity index (χ1v) is 19.3. The third-order valence-corrected chi connectivity index (χ3v) is 11.2. The van der Waals surface area contributed by atoms with Crippen LogP contribution in [0.2, 0.25) is 0 Å². The van der Waals surface area contributed by atoms with Crippen LogP contribution in [0.25, 0.3) is 11.3 Å². The number of piperidine rings is 1. The molecule has 57 heavy (non-hydrogen) atoms. The van der Waals surface area contributed by atoms with Gasteiger partial charge in [0.1, 0.15) is 18.0 Å². The number of nitrogens with two attached hydrogens (primary N) is 2. The SMILES string of the molecule is CC(Oc1cc(-c2nc[nH]c2CN2CCN(CC3CN(c4ccc5c(c4)CN(C4CCC(=O)NC4=O)C5=O)C3)CC2)cnc1N)c1cc(F)ccc1N=C/C=C\N. The van der Waals surface area contributed by atoms with Crippen LogP contribution in [0.4, 0.5) is 21.6 Å². The molecule has 0 aliphatic carbocycles. The molecule has 296 valence electrons. The van der Waals surface area contributed by atoms with E-state index in [1.54, 1.807) is 36.5 Å². The number of fused-ring (bicyclic) bond motifs is 1. The van der Waals surface area contributed by atoms with Gasteiger partial charge in [-0.1, -0.05) is 0 Å². The molecule has 2 aromatic heterocycles. The van der Waals surface area contributed by atoms with Crippen LogP contribution in [0, 0.1) is 11.7 Å². The van der Waals surface area contributed by atoms with Gasteiger partial charge in [0.25, 0.3) is 5.91 Å². The summed E-state index contributed by atoms with van der Waals surface area (Å²) in [6, 6.07) is 11.5. The maximum absolute atomic E-state index is 14.3. The lowest BCUT2D eigenvalue weighted by atomic mass is 9.97. The van der Waals surface area contributed by atoms with Crippen LogP contribution in [0.5, 0.6) is 5.75 Å². The molecule has 0 bridgehead atoms. The first-order chi connectivity index (χ1) is 27.6. The van der Waals surface area contributed by atoms with Crippen molar-refractivity contribution < 1.29 is 23.5 Å². The van der Waals surface area contributed by atoms with E-state index in [1.807, 2.05) is 18.2 Å². The van der Waals surface area contributed by atoms with E-state index in [4.69, 9.17) is 16.2 Å². The van der Waals surface area contributed by atoms with Gasteiger partial charge in [-0.05, 0) is 73.6 Å². The number of aromatic nitrogens is 3. The van der Waals surface area contributed by atoms with Gasteiger partial charge in [-0.3, -0.25) is 29.6 Å². The summed E-state index contributed by atoms with van der Waals surface area (Å²) < 4.78 is 20.5. The lowest BCUT2D eigenvalue weighted by Gasteiger charge is -2.45. The van der Waals surface area contributed by atoms with Gasteiger partial charge in [-0.25, -0.2) is 14.4 Å². The van der Waals surface area contributed by atoms with Gasteiger partial charge in [0, 0.05) is 106 Å². The number of benzene rings is 2. The number of anilines is 2. The van der Waals surface area contributed by atoms with Crippen LogP contribution in [-0.2, 0) is 22.7 Å². The molecule has 0 radical (unpaired) electrons. The Balaban J connectivity index is 0.825. The van der Waals surface area contributed by atoms with E-state index in [-0.39, 0.29) is 24.1 Å². The van der Waals surface area contributed by atoms with Gasteiger partial charge < -0.3 is 35.9 Å². The van der Waals surface area contributed by atoms with Crippen molar-refractivity contribution in [2.75, 3.05) is 56.4 Å². The maximum atomic E-state index is 14.3. The number of H-pyrrole nitrogens is 1. The second-order valence-corrected chi connectivity index (χ2v) is 15.1. The van der Waals surface area contributed by atoms with Gasteiger partial charge in [0.15, 0.2) is 11.6 Å². The fraction of sp³-hybridized carbons (Fsp3) is 0.366. The highest BCUT2D eigenvalue weighted by atomic mass is 19.1. The number of hydrogen-bond acceptors (Lipinski definition) is 12. The van der Waals surface area contributed by atoms with Crippen LogP contribution in [-0.4, -0.2) is 105 Å². The standard InChI is InChI=1S/C41H46FN11O4/c1-25(32-17-29(42)3-6-33(32)45-10-2-9-43)57-36-16-27(18-46-39(36)44)38-34(47-24-48-38)23-51-13-11-50(12-14-51)19-26-20-52(21-26)30-4-5-31-28(15-30)22-53(41(31)56)35-7-8-37(54)49-40(35)55/h2-6,9-10,15-18,24-26,35H,7-8,11-14,19-23,43H2,1H3,(H2,44,46)(H,47,48)(H,49,54,55)/b9-2-,45-10?. The van der Waals surface area contributed by atoms with Gasteiger partial charge in [-0.15, -0.1) is 0 Å². The average Bonchev–Trinajstić information content (AvgIpc) is 3.78. The van der Waals surface area contributed by atoms with Crippen molar-refractivity contribution in [2.45, 2.75) is 45.0 Å². The Morgan fingerprint density at radius 1 is 1.05 bits per heavy atom. The highest BCUT2D eigenvalue weighted by Crippen LogP contribution is 2.36. The summed E-state index contributed by atoms with van der Waals surface area (Å²) in [5.41, 5.74) is 17.9. The van der Waals surface area contributed by atoms with E-state index in [1.165, 1.54) is 24.5 Å². The number of nitrogens with one attached hydrogen (secondary N) is 2. The minimum atomic E-state index is -0.610. The molecule has 0 saturated carbocycles. The minimum Gasteiger partial charge on any atom is -0.482 e. The van der Waals surface area contributed by atoms with Gasteiger partial charge in [0.2, 0.25) is 11.8 Å². The number of pyridine rings is 1. The number of nitrogen functional groups attached to an aromatic ring is 1. The molecule has 6 N–H and O–H groups in total. The first-order valence-electron chi connectivity index (χ1n) is 19.3. The van der Waals surface area contributed by atoms with Crippen LogP contribution < -0.4 is 26.4 Å². The summed E-state index contributed by atoms with van der Waals surface area (Å²) >= 11 is 0. The normalized spacial score (nSPS) is 20.0. The largest absolute Gasteiger partial charge is 0.482 e. The summed E-state index contributed by atoms with van der Waals surface area (Å²) in [5, 5.41) is 2.37.